The summed E-state index contributed by atoms with van der Waals surface area (Å²) >= 11 is 6.18. The standard InChI is InChI=1S/C27H24ClFN2O2/c1-16-4-11-22(18(3)14-16)24-25(30-23-15-20(28)8-5-17(23)2)27(33)31(26(24)32)13-12-19-6-9-21(29)10-7-19/h4-11,14-15,30H,12-13H2,1-3H3. The van der Waals surface area contributed by atoms with Crippen molar-refractivity contribution in [2.45, 2.75) is 27.2 Å². The molecular weight excluding hydrogens is 439 g/mol. The molecule has 3 aromatic carbocycles. The number of anilines is 1. The number of rotatable bonds is 6. The summed E-state index contributed by atoms with van der Waals surface area (Å²) in [6.45, 7) is 6.01. The van der Waals surface area contributed by atoms with Gasteiger partial charge in [0.2, 0.25) is 0 Å². The number of benzene rings is 3. The van der Waals surface area contributed by atoms with Crippen molar-refractivity contribution < 1.29 is 14.0 Å². The minimum Gasteiger partial charge on any atom is -0.350 e. The van der Waals surface area contributed by atoms with Crippen LogP contribution in [0, 0.1) is 26.6 Å². The lowest BCUT2D eigenvalue weighted by atomic mass is 9.97. The van der Waals surface area contributed by atoms with Crippen molar-refractivity contribution in [1.29, 1.82) is 0 Å². The number of amides is 2. The Morgan fingerprint density at radius 2 is 1.61 bits per heavy atom. The number of nitrogens with zero attached hydrogens (tertiary/aromatic N) is 1. The first-order valence-electron chi connectivity index (χ1n) is 10.7. The molecule has 168 valence electrons. The third-order valence-corrected chi connectivity index (χ3v) is 6.05. The molecule has 33 heavy (non-hydrogen) atoms. The van der Waals surface area contributed by atoms with E-state index >= 15 is 0 Å². The van der Waals surface area contributed by atoms with Crippen LogP contribution in [0.5, 0.6) is 0 Å². The topological polar surface area (TPSA) is 49.4 Å². The molecule has 1 N–H and O–H groups in total. The van der Waals surface area contributed by atoms with Crippen LogP contribution in [0.4, 0.5) is 10.1 Å². The second-order valence-electron chi connectivity index (χ2n) is 8.29. The first-order valence-corrected chi connectivity index (χ1v) is 11.1. The van der Waals surface area contributed by atoms with Gasteiger partial charge in [-0.15, -0.1) is 0 Å². The largest absolute Gasteiger partial charge is 0.350 e. The Hall–Kier alpha value is -3.44. The maximum atomic E-state index is 13.5. The van der Waals surface area contributed by atoms with Crippen molar-refractivity contribution in [3.63, 3.8) is 0 Å². The van der Waals surface area contributed by atoms with Gasteiger partial charge in [-0.3, -0.25) is 14.5 Å². The van der Waals surface area contributed by atoms with E-state index in [1.165, 1.54) is 17.0 Å². The Bertz CT molecular complexity index is 1280. The van der Waals surface area contributed by atoms with Crippen LogP contribution in [0.3, 0.4) is 0 Å². The smallest absolute Gasteiger partial charge is 0.278 e. The van der Waals surface area contributed by atoms with Gasteiger partial charge in [0.1, 0.15) is 11.5 Å². The predicted octanol–water partition coefficient (Wildman–Crippen LogP) is 5.84. The molecular formula is C27H24ClFN2O2. The second-order valence-corrected chi connectivity index (χ2v) is 8.73. The highest BCUT2D eigenvalue weighted by atomic mass is 35.5. The molecule has 0 aliphatic carbocycles. The molecule has 0 saturated carbocycles. The maximum Gasteiger partial charge on any atom is 0.278 e. The molecule has 1 heterocycles. The number of hydrogen-bond acceptors (Lipinski definition) is 3. The first kappa shape index (κ1) is 22.7. The minimum absolute atomic E-state index is 0.192. The quantitative estimate of drug-likeness (QED) is 0.468. The molecule has 0 fully saturated rings. The Kier molecular flexibility index (Phi) is 6.34. The van der Waals surface area contributed by atoms with Gasteiger partial charge in [-0.25, -0.2) is 4.39 Å². The van der Waals surface area contributed by atoms with Gasteiger partial charge in [0.05, 0.1) is 5.57 Å². The Morgan fingerprint density at radius 1 is 0.879 bits per heavy atom. The van der Waals surface area contributed by atoms with E-state index in [0.717, 1.165) is 22.3 Å². The van der Waals surface area contributed by atoms with E-state index in [4.69, 9.17) is 11.6 Å². The monoisotopic (exact) mass is 462 g/mol. The average molecular weight is 463 g/mol. The zero-order chi connectivity index (χ0) is 23.7. The van der Waals surface area contributed by atoms with Crippen LogP contribution in [0.15, 0.2) is 66.4 Å². The van der Waals surface area contributed by atoms with Crippen molar-refractivity contribution in [1.82, 2.24) is 4.90 Å². The molecule has 3 aromatic rings. The molecule has 4 nitrogen and oxygen atoms in total. The van der Waals surface area contributed by atoms with Gasteiger partial charge in [0, 0.05) is 17.3 Å². The summed E-state index contributed by atoms with van der Waals surface area (Å²) in [6.07, 6.45) is 0.432. The van der Waals surface area contributed by atoms with Gasteiger partial charge in [-0.1, -0.05) is 53.6 Å². The van der Waals surface area contributed by atoms with E-state index in [1.54, 1.807) is 24.3 Å². The molecule has 0 atom stereocenters. The van der Waals surface area contributed by atoms with Gasteiger partial charge in [-0.05, 0) is 73.7 Å². The van der Waals surface area contributed by atoms with E-state index in [2.05, 4.69) is 5.32 Å². The van der Waals surface area contributed by atoms with Gasteiger partial charge < -0.3 is 5.32 Å². The van der Waals surface area contributed by atoms with Crippen molar-refractivity contribution in [3.05, 3.63) is 105 Å². The molecule has 4 rings (SSSR count). The molecule has 6 heteroatoms. The minimum atomic E-state index is -0.392. The number of halogens is 2. The zero-order valence-electron chi connectivity index (χ0n) is 18.7. The summed E-state index contributed by atoms with van der Waals surface area (Å²) in [4.78, 5) is 28.2. The lowest BCUT2D eigenvalue weighted by Crippen LogP contribution is -2.34. The fourth-order valence-electron chi connectivity index (χ4n) is 3.99. The molecule has 1 aliphatic heterocycles. The summed E-state index contributed by atoms with van der Waals surface area (Å²) < 4.78 is 13.2. The van der Waals surface area contributed by atoms with E-state index in [0.29, 0.717) is 28.3 Å². The van der Waals surface area contributed by atoms with Crippen LogP contribution in [0.1, 0.15) is 27.8 Å². The third kappa shape index (κ3) is 4.69. The van der Waals surface area contributed by atoms with Crippen LogP contribution < -0.4 is 5.32 Å². The molecule has 0 unspecified atom stereocenters. The molecule has 0 radical (unpaired) electrons. The van der Waals surface area contributed by atoms with Crippen LogP contribution in [0.2, 0.25) is 5.02 Å². The lowest BCUT2D eigenvalue weighted by Gasteiger charge is -2.16. The van der Waals surface area contributed by atoms with E-state index in [9.17, 15) is 14.0 Å². The average Bonchev–Trinajstić information content (AvgIpc) is 3.00. The highest BCUT2D eigenvalue weighted by Gasteiger charge is 2.39. The third-order valence-electron chi connectivity index (χ3n) is 5.82. The molecule has 0 aromatic heterocycles. The first-order chi connectivity index (χ1) is 15.7. The lowest BCUT2D eigenvalue weighted by molar-refractivity contribution is -0.136. The number of aryl methyl sites for hydroxylation is 3. The zero-order valence-corrected chi connectivity index (χ0v) is 19.5. The number of carbonyl (C=O) groups excluding carboxylic acids is 2. The molecule has 0 spiro atoms. The highest BCUT2D eigenvalue weighted by molar-refractivity contribution is 6.37. The van der Waals surface area contributed by atoms with Crippen molar-refractivity contribution >= 4 is 34.7 Å². The SMILES string of the molecule is Cc1ccc(C2=C(Nc3cc(Cl)ccc3C)C(=O)N(CCc3ccc(F)cc3)C2=O)c(C)c1. The second kappa shape index (κ2) is 9.20. The summed E-state index contributed by atoms with van der Waals surface area (Å²) in [5, 5.41) is 3.72. The van der Waals surface area contributed by atoms with Gasteiger partial charge in [0.25, 0.3) is 11.8 Å². The van der Waals surface area contributed by atoms with Crippen LogP contribution in [-0.4, -0.2) is 23.3 Å². The van der Waals surface area contributed by atoms with Crippen molar-refractivity contribution in [3.8, 4) is 0 Å². The summed E-state index contributed by atoms with van der Waals surface area (Å²) in [7, 11) is 0. The van der Waals surface area contributed by atoms with E-state index < -0.39 is 5.91 Å². The summed E-state index contributed by atoms with van der Waals surface area (Å²) in [5.74, 6) is -1.07. The van der Waals surface area contributed by atoms with Gasteiger partial charge in [-0.2, -0.15) is 0 Å². The number of nitrogens with one attached hydrogen (secondary N) is 1. The van der Waals surface area contributed by atoms with Crippen molar-refractivity contribution in [2.24, 2.45) is 0 Å². The van der Waals surface area contributed by atoms with Gasteiger partial charge in [0.15, 0.2) is 0 Å². The molecule has 0 saturated heterocycles. The summed E-state index contributed by atoms with van der Waals surface area (Å²) in [5.41, 5.74) is 5.68. The molecule has 1 aliphatic rings. The number of carbonyl (C=O) groups is 2. The Labute approximate surface area is 197 Å². The fraction of sp³-hybridized carbons (Fsp3) is 0.185. The fourth-order valence-corrected chi connectivity index (χ4v) is 4.17. The van der Waals surface area contributed by atoms with E-state index in [-0.39, 0.29) is 24.0 Å². The predicted molar refractivity (Wildman–Crippen MR) is 129 cm³/mol. The molecule has 2 amide bonds. The highest BCUT2D eigenvalue weighted by Crippen LogP contribution is 2.34. The number of hydrogen-bond donors (Lipinski definition) is 1. The van der Waals surface area contributed by atoms with E-state index in [1.807, 2.05) is 45.0 Å². The Balaban J connectivity index is 1.72. The van der Waals surface area contributed by atoms with Crippen LogP contribution in [-0.2, 0) is 16.0 Å². The Morgan fingerprint density at radius 3 is 2.30 bits per heavy atom. The normalized spacial score (nSPS) is 13.8. The van der Waals surface area contributed by atoms with Crippen LogP contribution >= 0.6 is 11.6 Å². The molecule has 0 bridgehead atoms. The summed E-state index contributed by atoms with van der Waals surface area (Å²) in [6, 6.07) is 17.2. The number of imide groups is 1. The maximum absolute atomic E-state index is 13.5. The van der Waals surface area contributed by atoms with Crippen molar-refractivity contribution in [2.75, 3.05) is 11.9 Å². The van der Waals surface area contributed by atoms with Gasteiger partial charge >= 0.3 is 0 Å². The van der Waals surface area contributed by atoms with Crippen LogP contribution in [0.25, 0.3) is 5.57 Å².